The van der Waals surface area contributed by atoms with Gasteiger partial charge >= 0.3 is 5.97 Å². The third-order valence-corrected chi connectivity index (χ3v) is 3.15. The Morgan fingerprint density at radius 1 is 1.62 bits per heavy atom. The van der Waals surface area contributed by atoms with Crippen LogP contribution in [0.15, 0.2) is 12.5 Å². The van der Waals surface area contributed by atoms with Gasteiger partial charge in [0, 0.05) is 13.1 Å². The lowest BCUT2D eigenvalue weighted by molar-refractivity contribution is -0.140. The number of aromatic nitrogens is 2. The van der Waals surface area contributed by atoms with Crippen LogP contribution in [0.25, 0.3) is 0 Å². The van der Waals surface area contributed by atoms with E-state index in [0.29, 0.717) is 11.7 Å². The van der Waals surface area contributed by atoms with Gasteiger partial charge in [-0.05, 0) is 12.8 Å². The van der Waals surface area contributed by atoms with Gasteiger partial charge < -0.3 is 9.67 Å². The highest BCUT2D eigenvalue weighted by atomic mass is 16.4. The van der Waals surface area contributed by atoms with Crippen molar-refractivity contribution >= 4 is 5.97 Å². The van der Waals surface area contributed by atoms with Crippen molar-refractivity contribution in [3.63, 3.8) is 0 Å². The molecule has 1 unspecified atom stereocenters. The van der Waals surface area contributed by atoms with E-state index in [1.54, 1.807) is 17.1 Å². The summed E-state index contributed by atoms with van der Waals surface area (Å²) in [5, 5.41) is 12.4. The minimum absolute atomic E-state index is 0.330. The monoisotopic (exact) mass is 223 g/mol. The molecule has 0 aromatic carbocycles. The second kappa shape index (κ2) is 4.65. The number of aliphatic carboxylic acids is 1. The fourth-order valence-corrected chi connectivity index (χ4v) is 2.26. The largest absolute Gasteiger partial charge is 0.480 e. The highest BCUT2D eigenvalue weighted by molar-refractivity contribution is 5.74. The van der Waals surface area contributed by atoms with Gasteiger partial charge in [0.2, 0.25) is 0 Å². The van der Waals surface area contributed by atoms with Gasteiger partial charge in [-0.1, -0.05) is 12.8 Å². The van der Waals surface area contributed by atoms with Gasteiger partial charge in [0.25, 0.3) is 0 Å². The van der Waals surface area contributed by atoms with Crippen LogP contribution in [0.2, 0.25) is 0 Å². The van der Waals surface area contributed by atoms with E-state index in [4.69, 9.17) is 0 Å². The van der Waals surface area contributed by atoms with Crippen LogP contribution in [0.5, 0.6) is 0 Å². The van der Waals surface area contributed by atoms with Gasteiger partial charge in [-0.3, -0.25) is 10.1 Å². The fourth-order valence-electron chi connectivity index (χ4n) is 2.26. The lowest BCUT2D eigenvalue weighted by atomic mass is 10.1. The summed E-state index contributed by atoms with van der Waals surface area (Å²) in [6, 6.07) is -0.313. The van der Waals surface area contributed by atoms with Gasteiger partial charge in [-0.25, -0.2) is 4.98 Å². The number of carbonyl (C=O) groups is 1. The Bertz CT molecular complexity index is 369. The van der Waals surface area contributed by atoms with Crippen molar-refractivity contribution in [1.82, 2.24) is 14.9 Å². The number of imidazole rings is 1. The SMILES string of the molecule is Cn1cncc1C(NC1CCCC1)C(=O)O. The zero-order valence-electron chi connectivity index (χ0n) is 9.39. The zero-order valence-corrected chi connectivity index (χ0v) is 9.39. The summed E-state index contributed by atoms with van der Waals surface area (Å²) in [4.78, 5) is 15.2. The number of carboxylic acid groups (broad SMARTS) is 1. The van der Waals surface area contributed by atoms with Crippen LogP contribution in [0.3, 0.4) is 0 Å². The lowest BCUT2D eigenvalue weighted by Crippen LogP contribution is -2.36. The molecular formula is C11H17N3O2. The molecule has 88 valence electrons. The first-order valence-electron chi connectivity index (χ1n) is 5.63. The Morgan fingerprint density at radius 2 is 2.31 bits per heavy atom. The van der Waals surface area contributed by atoms with E-state index in [0.717, 1.165) is 12.8 Å². The van der Waals surface area contributed by atoms with E-state index in [2.05, 4.69) is 10.3 Å². The van der Waals surface area contributed by atoms with Crippen molar-refractivity contribution in [3.05, 3.63) is 18.2 Å². The molecule has 0 radical (unpaired) electrons. The van der Waals surface area contributed by atoms with Crippen LogP contribution >= 0.6 is 0 Å². The molecule has 0 bridgehead atoms. The summed E-state index contributed by atoms with van der Waals surface area (Å²) < 4.78 is 1.75. The van der Waals surface area contributed by atoms with Crippen molar-refractivity contribution in [2.45, 2.75) is 37.8 Å². The van der Waals surface area contributed by atoms with Crippen LogP contribution in [0.1, 0.15) is 37.4 Å². The number of hydrogen-bond donors (Lipinski definition) is 2. The van der Waals surface area contributed by atoms with E-state index < -0.39 is 12.0 Å². The number of carboxylic acids is 1. The first-order chi connectivity index (χ1) is 7.68. The van der Waals surface area contributed by atoms with Crippen molar-refractivity contribution < 1.29 is 9.90 Å². The van der Waals surface area contributed by atoms with E-state index >= 15 is 0 Å². The predicted octanol–water partition coefficient (Wildman–Crippen LogP) is 1.08. The summed E-state index contributed by atoms with van der Waals surface area (Å²) in [7, 11) is 1.81. The van der Waals surface area contributed by atoms with Crippen LogP contribution in [0.4, 0.5) is 0 Å². The summed E-state index contributed by atoms with van der Waals surface area (Å²) >= 11 is 0. The summed E-state index contributed by atoms with van der Waals surface area (Å²) in [5.41, 5.74) is 0.708. The molecule has 1 saturated carbocycles. The predicted molar refractivity (Wildman–Crippen MR) is 59.0 cm³/mol. The second-order valence-electron chi connectivity index (χ2n) is 4.35. The van der Waals surface area contributed by atoms with E-state index in [-0.39, 0.29) is 0 Å². The van der Waals surface area contributed by atoms with E-state index in [9.17, 15) is 9.90 Å². The van der Waals surface area contributed by atoms with Gasteiger partial charge in [-0.2, -0.15) is 0 Å². The zero-order chi connectivity index (χ0) is 11.5. The molecule has 1 aliphatic rings. The first kappa shape index (κ1) is 11.1. The number of aryl methyl sites for hydroxylation is 1. The average Bonchev–Trinajstić information content (AvgIpc) is 2.85. The topological polar surface area (TPSA) is 67.2 Å². The average molecular weight is 223 g/mol. The Morgan fingerprint density at radius 3 is 2.81 bits per heavy atom. The molecule has 2 N–H and O–H groups in total. The molecule has 0 amide bonds. The van der Waals surface area contributed by atoms with Crippen molar-refractivity contribution in [3.8, 4) is 0 Å². The quantitative estimate of drug-likeness (QED) is 0.801. The molecule has 1 heterocycles. The second-order valence-corrected chi connectivity index (χ2v) is 4.35. The van der Waals surface area contributed by atoms with Crippen LogP contribution in [-0.2, 0) is 11.8 Å². The maximum atomic E-state index is 11.2. The standard InChI is InChI=1S/C11H17N3O2/c1-14-7-12-6-9(14)10(11(15)16)13-8-4-2-3-5-8/h6-8,10,13H,2-5H2,1H3,(H,15,16). The molecule has 1 aromatic heterocycles. The molecule has 0 aliphatic heterocycles. The van der Waals surface area contributed by atoms with Gasteiger partial charge in [0.05, 0.1) is 18.2 Å². The van der Waals surface area contributed by atoms with Crippen LogP contribution < -0.4 is 5.32 Å². The third kappa shape index (κ3) is 2.24. The van der Waals surface area contributed by atoms with Crippen molar-refractivity contribution in [1.29, 1.82) is 0 Å². The molecule has 1 fully saturated rings. The molecule has 16 heavy (non-hydrogen) atoms. The Balaban J connectivity index is 2.11. The summed E-state index contributed by atoms with van der Waals surface area (Å²) in [6.07, 6.45) is 7.76. The molecular weight excluding hydrogens is 206 g/mol. The van der Waals surface area contributed by atoms with Crippen molar-refractivity contribution in [2.24, 2.45) is 7.05 Å². The number of nitrogens with zero attached hydrogens (tertiary/aromatic N) is 2. The minimum atomic E-state index is -0.837. The fraction of sp³-hybridized carbons (Fsp3) is 0.636. The van der Waals surface area contributed by atoms with Crippen LogP contribution in [-0.4, -0.2) is 26.7 Å². The molecule has 2 rings (SSSR count). The number of nitrogens with one attached hydrogen (secondary N) is 1. The van der Waals surface area contributed by atoms with Gasteiger partial charge in [0.1, 0.15) is 6.04 Å². The highest BCUT2D eigenvalue weighted by Crippen LogP contribution is 2.22. The Labute approximate surface area is 94.5 Å². The molecule has 5 heteroatoms. The maximum Gasteiger partial charge on any atom is 0.326 e. The Kier molecular flexibility index (Phi) is 3.24. The number of hydrogen-bond acceptors (Lipinski definition) is 3. The van der Waals surface area contributed by atoms with Crippen LogP contribution in [0, 0.1) is 0 Å². The van der Waals surface area contributed by atoms with E-state index in [1.165, 1.54) is 12.8 Å². The van der Waals surface area contributed by atoms with Gasteiger partial charge in [0.15, 0.2) is 0 Å². The molecule has 5 nitrogen and oxygen atoms in total. The molecule has 1 aliphatic carbocycles. The molecule has 0 spiro atoms. The van der Waals surface area contributed by atoms with Crippen molar-refractivity contribution in [2.75, 3.05) is 0 Å². The third-order valence-electron chi connectivity index (χ3n) is 3.15. The maximum absolute atomic E-state index is 11.2. The Hall–Kier alpha value is -1.36. The first-order valence-corrected chi connectivity index (χ1v) is 5.63. The lowest BCUT2D eigenvalue weighted by Gasteiger charge is -2.19. The normalized spacial score (nSPS) is 18.8. The van der Waals surface area contributed by atoms with E-state index in [1.807, 2.05) is 7.05 Å². The molecule has 0 saturated heterocycles. The highest BCUT2D eigenvalue weighted by Gasteiger charge is 2.27. The molecule has 1 atom stereocenters. The minimum Gasteiger partial charge on any atom is -0.480 e. The summed E-state index contributed by atoms with van der Waals surface area (Å²) in [5.74, 6) is -0.837. The summed E-state index contributed by atoms with van der Waals surface area (Å²) in [6.45, 7) is 0. The van der Waals surface area contributed by atoms with Gasteiger partial charge in [-0.15, -0.1) is 0 Å². The number of rotatable bonds is 4. The smallest absolute Gasteiger partial charge is 0.326 e. The molecule has 1 aromatic rings.